The summed E-state index contributed by atoms with van der Waals surface area (Å²) < 4.78 is 5.93. The van der Waals surface area contributed by atoms with Crippen molar-refractivity contribution in [3.05, 3.63) is 102 Å². The van der Waals surface area contributed by atoms with Gasteiger partial charge in [-0.2, -0.15) is 0 Å². The minimum Gasteiger partial charge on any atom is -0.492 e. The van der Waals surface area contributed by atoms with Crippen molar-refractivity contribution in [3.8, 4) is 5.75 Å². The van der Waals surface area contributed by atoms with E-state index in [-0.39, 0.29) is 12.4 Å². The first kappa shape index (κ1) is 24.0. The predicted molar refractivity (Wildman–Crippen MR) is 130 cm³/mol. The fraction of sp³-hybridized carbons (Fsp3) is 0.231. The molecule has 4 heteroatoms. The van der Waals surface area contributed by atoms with Crippen molar-refractivity contribution in [2.45, 2.75) is 13.8 Å². The number of hydrogen-bond acceptors (Lipinski definition) is 2. The van der Waals surface area contributed by atoms with Crippen LogP contribution in [0.5, 0.6) is 5.75 Å². The van der Waals surface area contributed by atoms with Crippen molar-refractivity contribution >= 4 is 34.6 Å². The monoisotopic (exact) mass is 440 g/mol. The van der Waals surface area contributed by atoms with E-state index in [0.29, 0.717) is 11.6 Å². The first-order chi connectivity index (χ1) is 14.2. The van der Waals surface area contributed by atoms with Gasteiger partial charge in [-0.05, 0) is 54.0 Å². The second-order valence-electron chi connectivity index (χ2n) is 6.75. The Morgan fingerprint density at radius 3 is 2.10 bits per heavy atom. The molecule has 157 valence electrons. The average molecular weight is 441 g/mol. The van der Waals surface area contributed by atoms with Crippen LogP contribution in [0.25, 0.3) is 10.6 Å². The van der Waals surface area contributed by atoms with Crippen molar-refractivity contribution in [2.75, 3.05) is 26.2 Å². The van der Waals surface area contributed by atoms with Gasteiger partial charge < -0.3 is 9.64 Å². The molecule has 0 aliphatic heterocycles. The summed E-state index contributed by atoms with van der Waals surface area (Å²) in [4.78, 5) is 2.35. The fourth-order valence-corrected chi connectivity index (χ4v) is 3.59. The summed E-state index contributed by atoms with van der Waals surface area (Å²) in [6, 6.07) is 29.3. The molecule has 0 bridgehead atoms. The first-order valence-corrected chi connectivity index (χ1v) is 10.5. The lowest BCUT2D eigenvalue weighted by Gasteiger charge is -2.18. The van der Waals surface area contributed by atoms with E-state index < -0.39 is 0 Å². The zero-order chi connectivity index (χ0) is 20.5. The molecule has 0 atom stereocenters. The van der Waals surface area contributed by atoms with E-state index >= 15 is 0 Å². The highest BCUT2D eigenvalue weighted by atomic mass is 35.5. The Kier molecular flexibility index (Phi) is 9.96. The van der Waals surface area contributed by atoms with E-state index in [1.54, 1.807) is 0 Å². The van der Waals surface area contributed by atoms with Crippen molar-refractivity contribution < 1.29 is 4.74 Å². The third-order valence-electron chi connectivity index (χ3n) is 4.96. The van der Waals surface area contributed by atoms with Gasteiger partial charge in [-0.1, -0.05) is 86.1 Å². The number of hydrogen-bond donors (Lipinski definition) is 0. The maximum atomic E-state index is 6.85. The lowest BCUT2D eigenvalue weighted by molar-refractivity contribution is 0.223. The van der Waals surface area contributed by atoms with Crippen LogP contribution in [0.3, 0.4) is 0 Å². The van der Waals surface area contributed by atoms with E-state index in [4.69, 9.17) is 16.3 Å². The van der Waals surface area contributed by atoms with Crippen LogP contribution < -0.4 is 4.74 Å². The molecule has 2 nitrogen and oxygen atoms in total. The van der Waals surface area contributed by atoms with Crippen molar-refractivity contribution in [1.29, 1.82) is 0 Å². The molecular weight excluding hydrogens is 413 g/mol. The van der Waals surface area contributed by atoms with Gasteiger partial charge in [-0.25, -0.2) is 0 Å². The molecular formula is C26H28Cl2NO. The fourth-order valence-electron chi connectivity index (χ4n) is 3.25. The molecule has 0 spiro atoms. The van der Waals surface area contributed by atoms with Crippen LogP contribution in [-0.4, -0.2) is 31.1 Å². The van der Waals surface area contributed by atoms with Crippen LogP contribution in [0.2, 0.25) is 0 Å². The molecule has 30 heavy (non-hydrogen) atoms. The Morgan fingerprint density at radius 1 is 0.867 bits per heavy atom. The Bertz CT molecular complexity index is 905. The second kappa shape index (κ2) is 12.4. The second-order valence-corrected chi connectivity index (χ2v) is 7.12. The average Bonchev–Trinajstić information content (AvgIpc) is 2.79. The summed E-state index contributed by atoms with van der Waals surface area (Å²) >= 11 is 6.85. The van der Waals surface area contributed by atoms with E-state index in [0.717, 1.165) is 47.6 Å². The molecule has 0 aliphatic rings. The van der Waals surface area contributed by atoms with Crippen molar-refractivity contribution in [1.82, 2.24) is 4.90 Å². The zero-order valence-electron chi connectivity index (χ0n) is 17.5. The quantitative estimate of drug-likeness (QED) is 0.339. The maximum absolute atomic E-state index is 6.85. The number of rotatable bonds is 9. The molecule has 1 radical (unpaired) electrons. The van der Waals surface area contributed by atoms with Crippen molar-refractivity contribution in [2.24, 2.45) is 0 Å². The Balaban J connectivity index is 0.00000320. The number of nitrogens with zero attached hydrogens (tertiary/aromatic N) is 1. The number of halogens is 2. The highest BCUT2D eigenvalue weighted by molar-refractivity contribution is 6.53. The highest BCUT2D eigenvalue weighted by Gasteiger charge is 2.12. The smallest absolute Gasteiger partial charge is 0.119 e. The molecule has 0 unspecified atom stereocenters. The molecule has 0 amide bonds. The van der Waals surface area contributed by atoms with Gasteiger partial charge in [0.05, 0.1) is 5.03 Å². The largest absolute Gasteiger partial charge is 0.492 e. The predicted octanol–water partition coefficient (Wildman–Crippen LogP) is 6.78. The summed E-state index contributed by atoms with van der Waals surface area (Å²) in [5.41, 5.74) is 4.09. The SMILES string of the molecule is CCN(CC)CCOc1ccc(/C(=C(\Cl)c2c[c]ccc2)c2ccccc2)cc1.Cl. The molecule has 0 N–H and O–H groups in total. The van der Waals surface area contributed by atoms with Gasteiger partial charge in [0.1, 0.15) is 12.4 Å². The molecule has 0 saturated carbocycles. The molecule has 0 aromatic heterocycles. The zero-order valence-corrected chi connectivity index (χ0v) is 19.0. The minimum atomic E-state index is 0. The van der Waals surface area contributed by atoms with E-state index in [9.17, 15) is 0 Å². The Labute approximate surface area is 191 Å². The van der Waals surface area contributed by atoms with Gasteiger partial charge in [0.2, 0.25) is 0 Å². The van der Waals surface area contributed by atoms with Crippen LogP contribution in [0, 0.1) is 6.07 Å². The van der Waals surface area contributed by atoms with Gasteiger partial charge in [0.25, 0.3) is 0 Å². The van der Waals surface area contributed by atoms with Crippen LogP contribution in [-0.2, 0) is 0 Å². The summed E-state index contributed by atoms with van der Waals surface area (Å²) in [5.74, 6) is 0.873. The van der Waals surface area contributed by atoms with Crippen LogP contribution in [0.4, 0.5) is 0 Å². The van der Waals surface area contributed by atoms with Gasteiger partial charge >= 0.3 is 0 Å². The minimum absolute atomic E-state index is 0. The highest BCUT2D eigenvalue weighted by Crippen LogP contribution is 2.35. The Hall–Kier alpha value is -2.26. The molecule has 0 aliphatic carbocycles. The van der Waals surface area contributed by atoms with Gasteiger partial charge in [0.15, 0.2) is 0 Å². The van der Waals surface area contributed by atoms with Crippen LogP contribution in [0.1, 0.15) is 30.5 Å². The lowest BCUT2D eigenvalue weighted by atomic mass is 9.95. The standard InChI is InChI=1S/C26H27ClNO.ClH/c1-3-28(4-2)19-20-29-24-17-15-22(16-18-24)25(21-11-7-5-8-12-21)26(27)23-13-9-6-10-14-23;/h5-9,11-18H,3-4,19-20H2,1-2H3;1H/b26-25-;. The number of ether oxygens (including phenoxy) is 1. The van der Waals surface area contributed by atoms with Crippen LogP contribution >= 0.6 is 24.0 Å². The number of benzene rings is 3. The van der Waals surface area contributed by atoms with E-state index in [1.807, 2.05) is 54.6 Å². The summed E-state index contributed by atoms with van der Waals surface area (Å²) in [6.45, 7) is 8.04. The molecule has 3 aromatic rings. The molecule has 0 saturated heterocycles. The normalized spacial score (nSPS) is 11.6. The summed E-state index contributed by atoms with van der Waals surface area (Å²) in [5, 5.41) is 0.711. The van der Waals surface area contributed by atoms with Gasteiger partial charge in [-0.3, -0.25) is 0 Å². The number of likely N-dealkylation sites (N-methyl/N-ethyl adjacent to an activating group) is 1. The Morgan fingerprint density at radius 2 is 1.50 bits per heavy atom. The van der Waals surface area contributed by atoms with Gasteiger partial charge in [0, 0.05) is 12.1 Å². The molecule has 0 heterocycles. The van der Waals surface area contributed by atoms with E-state index in [2.05, 4.69) is 49.1 Å². The lowest BCUT2D eigenvalue weighted by Crippen LogP contribution is -2.27. The summed E-state index contributed by atoms with van der Waals surface area (Å²) in [7, 11) is 0. The van der Waals surface area contributed by atoms with E-state index in [1.165, 1.54) is 0 Å². The topological polar surface area (TPSA) is 12.5 Å². The molecule has 0 fully saturated rings. The molecule has 3 aromatic carbocycles. The van der Waals surface area contributed by atoms with Gasteiger partial charge in [-0.15, -0.1) is 12.4 Å². The molecule has 3 rings (SSSR count). The third-order valence-corrected chi connectivity index (χ3v) is 5.36. The maximum Gasteiger partial charge on any atom is 0.119 e. The summed E-state index contributed by atoms with van der Waals surface area (Å²) in [6.07, 6.45) is 0. The van der Waals surface area contributed by atoms with Crippen LogP contribution in [0.15, 0.2) is 78.9 Å². The first-order valence-electron chi connectivity index (χ1n) is 10.1. The van der Waals surface area contributed by atoms with Crippen molar-refractivity contribution in [3.63, 3.8) is 0 Å². The third kappa shape index (κ3) is 6.37.